The summed E-state index contributed by atoms with van der Waals surface area (Å²) in [6, 6.07) is 5.53. The van der Waals surface area contributed by atoms with E-state index in [4.69, 9.17) is 20.1 Å². The first-order chi connectivity index (χ1) is 13.7. The van der Waals surface area contributed by atoms with Crippen molar-refractivity contribution in [1.82, 2.24) is 0 Å². The molecular formula is C20H28O9. The number of hydrogen-bond donors (Lipinski definition) is 4. The largest absolute Gasteiger partial charge is 0.481 e. The Kier molecular flexibility index (Phi) is 13.5. The Hall–Kier alpha value is -2.94. The van der Waals surface area contributed by atoms with Crippen molar-refractivity contribution in [3.05, 3.63) is 35.4 Å². The van der Waals surface area contributed by atoms with Crippen LogP contribution in [0.4, 0.5) is 0 Å². The quantitative estimate of drug-likeness (QED) is 0.230. The number of benzene rings is 1. The molecule has 0 fully saturated rings. The van der Waals surface area contributed by atoms with E-state index in [1.165, 1.54) is 24.3 Å². The highest BCUT2D eigenvalue weighted by Gasteiger charge is 2.14. The lowest BCUT2D eigenvalue weighted by atomic mass is 10.1. The molecule has 0 saturated heterocycles. The Labute approximate surface area is 168 Å². The molecule has 1 atom stereocenters. The summed E-state index contributed by atoms with van der Waals surface area (Å²) < 4.78 is 4.84. The molecule has 0 amide bonds. The van der Waals surface area contributed by atoms with Gasteiger partial charge in [-0.2, -0.15) is 0 Å². The molecule has 1 rings (SSSR count). The predicted octanol–water partition coefficient (Wildman–Crippen LogP) is 3.16. The van der Waals surface area contributed by atoms with Crippen molar-refractivity contribution < 1.29 is 44.3 Å². The lowest BCUT2D eigenvalue weighted by Crippen LogP contribution is -2.18. The average molecular weight is 412 g/mol. The van der Waals surface area contributed by atoms with Gasteiger partial charge < -0.3 is 25.2 Å². The minimum Gasteiger partial charge on any atom is -0.481 e. The first-order valence-corrected chi connectivity index (χ1v) is 9.33. The number of unbranched alkanes of at least 4 members (excludes halogenated alkanes) is 3. The number of carboxylic acids is 3. The number of aliphatic hydroxyl groups excluding tert-OH is 1. The molecule has 0 aromatic heterocycles. The SMILES string of the molecule is CCCCCC(O)OC(=O)c1cccc(C(=O)O)c1.O=C(O)CCCCC(=O)O. The molecule has 1 aromatic carbocycles. The standard InChI is InChI=1S/C14H18O5.C6H10O4/c1-2-3-4-8-12(15)19-14(18)11-7-5-6-10(9-11)13(16)17;7-5(8)3-1-2-4-6(9)10/h5-7,9,12,15H,2-4,8H2,1H3,(H,16,17);1-4H2,(H,7,8)(H,9,10). The fourth-order valence-electron chi connectivity index (χ4n) is 2.15. The maximum Gasteiger partial charge on any atom is 0.340 e. The van der Waals surface area contributed by atoms with Gasteiger partial charge in [0.25, 0.3) is 0 Å². The third kappa shape index (κ3) is 13.8. The number of carbonyl (C=O) groups is 4. The van der Waals surface area contributed by atoms with E-state index in [1.807, 2.05) is 6.92 Å². The van der Waals surface area contributed by atoms with E-state index >= 15 is 0 Å². The predicted molar refractivity (Wildman–Crippen MR) is 103 cm³/mol. The van der Waals surface area contributed by atoms with E-state index in [2.05, 4.69) is 0 Å². The van der Waals surface area contributed by atoms with Gasteiger partial charge in [-0.15, -0.1) is 0 Å². The lowest BCUT2D eigenvalue weighted by molar-refractivity contribution is -0.139. The summed E-state index contributed by atoms with van der Waals surface area (Å²) in [5.74, 6) is -3.57. The van der Waals surface area contributed by atoms with Crippen LogP contribution in [0.25, 0.3) is 0 Å². The van der Waals surface area contributed by atoms with Gasteiger partial charge in [-0.3, -0.25) is 9.59 Å². The van der Waals surface area contributed by atoms with Crippen LogP contribution in [0.2, 0.25) is 0 Å². The van der Waals surface area contributed by atoms with Crippen molar-refractivity contribution in [2.24, 2.45) is 0 Å². The highest BCUT2D eigenvalue weighted by molar-refractivity contribution is 5.94. The van der Waals surface area contributed by atoms with E-state index in [1.54, 1.807) is 0 Å². The molecule has 0 aliphatic heterocycles. The van der Waals surface area contributed by atoms with Crippen LogP contribution in [0.5, 0.6) is 0 Å². The summed E-state index contributed by atoms with van der Waals surface area (Å²) in [4.78, 5) is 42.3. The highest BCUT2D eigenvalue weighted by atomic mass is 16.6. The first-order valence-electron chi connectivity index (χ1n) is 9.33. The number of hydrogen-bond acceptors (Lipinski definition) is 6. The van der Waals surface area contributed by atoms with Crippen molar-refractivity contribution in [1.29, 1.82) is 0 Å². The smallest absolute Gasteiger partial charge is 0.340 e. The number of carbonyl (C=O) groups excluding carboxylic acids is 1. The summed E-state index contributed by atoms with van der Waals surface area (Å²) in [6.45, 7) is 2.04. The van der Waals surface area contributed by atoms with Gasteiger partial charge in [-0.25, -0.2) is 9.59 Å². The van der Waals surface area contributed by atoms with Crippen LogP contribution in [-0.4, -0.2) is 50.6 Å². The van der Waals surface area contributed by atoms with Gasteiger partial charge in [0.05, 0.1) is 11.1 Å². The molecule has 9 nitrogen and oxygen atoms in total. The van der Waals surface area contributed by atoms with Crippen molar-refractivity contribution in [2.75, 3.05) is 0 Å². The molecule has 0 saturated carbocycles. The van der Waals surface area contributed by atoms with E-state index in [-0.39, 0.29) is 24.0 Å². The Morgan fingerprint density at radius 3 is 1.93 bits per heavy atom. The Balaban J connectivity index is 0.000000665. The normalized spacial score (nSPS) is 11.0. The van der Waals surface area contributed by atoms with E-state index in [0.717, 1.165) is 19.3 Å². The number of aromatic carboxylic acids is 1. The monoisotopic (exact) mass is 412 g/mol. The Morgan fingerprint density at radius 1 is 0.897 bits per heavy atom. The number of aliphatic carboxylic acids is 2. The molecule has 9 heteroatoms. The molecule has 1 aromatic rings. The second kappa shape index (κ2) is 15.0. The van der Waals surface area contributed by atoms with E-state index in [9.17, 15) is 24.3 Å². The van der Waals surface area contributed by atoms with Crippen LogP contribution in [0, 0.1) is 0 Å². The van der Waals surface area contributed by atoms with Gasteiger partial charge >= 0.3 is 23.9 Å². The van der Waals surface area contributed by atoms with Crippen molar-refractivity contribution in [2.45, 2.75) is 64.6 Å². The van der Waals surface area contributed by atoms with Crippen LogP contribution in [0.3, 0.4) is 0 Å². The van der Waals surface area contributed by atoms with Gasteiger partial charge in [0.2, 0.25) is 6.29 Å². The zero-order valence-corrected chi connectivity index (χ0v) is 16.4. The highest BCUT2D eigenvalue weighted by Crippen LogP contribution is 2.10. The van der Waals surface area contributed by atoms with Crippen LogP contribution in [0.15, 0.2) is 24.3 Å². The minimum atomic E-state index is -1.15. The summed E-state index contributed by atoms with van der Waals surface area (Å²) in [7, 11) is 0. The van der Waals surface area contributed by atoms with Crippen LogP contribution >= 0.6 is 0 Å². The van der Waals surface area contributed by atoms with Gasteiger partial charge in [-0.05, 0) is 37.5 Å². The summed E-state index contributed by atoms with van der Waals surface area (Å²) in [6.07, 6.45) is 3.01. The molecule has 162 valence electrons. The Bertz CT molecular complexity index is 654. The number of aliphatic hydroxyl groups is 1. The van der Waals surface area contributed by atoms with Crippen LogP contribution in [-0.2, 0) is 14.3 Å². The number of ether oxygens (including phenoxy) is 1. The molecule has 0 bridgehead atoms. The van der Waals surface area contributed by atoms with Gasteiger partial charge in [0.15, 0.2) is 0 Å². The fraction of sp³-hybridized carbons (Fsp3) is 0.500. The second-order valence-corrected chi connectivity index (χ2v) is 6.24. The van der Waals surface area contributed by atoms with E-state index in [0.29, 0.717) is 19.3 Å². The first kappa shape index (κ1) is 26.1. The zero-order valence-electron chi connectivity index (χ0n) is 16.4. The molecule has 0 aliphatic carbocycles. The third-order valence-corrected chi connectivity index (χ3v) is 3.67. The van der Waals surface area contributed by atoms with E-state index < -0.39 is 30.2 Å². The molecule has 29 heavy (non-hydrogen) atoms. The summed E-state index contributed by atoms with van der Waals surface area (Å²) in [5, 5.41) is 34.6. The third-order valence-electron chi connectivity index (χ3n) is 3.67. The van der Waals surface area contributed by atoms with Crippen molar-refractivity contribution >= 4 is 23.9 Å². The van der Waals surface area contributed by atoms with Gasteiger partial charge in [0, 0.05) is 19.3 Å². The van der Waals surface area contributed by atoms with Crippen LogP contribution in [0.1, 0.15) is 79.0 Å². The second-order valence-electron chi connectivity index (χ2n) is 6.24. The molecule has 1 unspecified atom stereocenters. The summed E-state index contributed by atoms with van der Waals surface area (Å²) in [5.41, 5.74) is 0.129. The molecule has 0 spiro atoms. The maximum absolute atomic E-state index is 11.7. The lowest BCUT2D eigenvalue weighted by Gasteiger charge is -2.11. The van der Waals surface area contributed by atoms with Crippen molar-refractivity contribution in [3.8, 4) is 0 Å². The topological polar surface area (TPSA) is 158 Å². The van der Waals surface area contributed by atoms with Crippen molar-refractivity contribution in [3.63, 3.8) is 0 Å². The molecular weight excluding hydrogens is 384 g/mol. The molecule has 4 N–H and O–H groups in total. The average Bonchev–Trinajstić information content (AvgIpc) is 2.65. The van der Waals surface area contributed by atoms with Crippen LogP contribution < -0.4 is 0 Å². The zero-order chi connectivity index (χ0) is 22.2. The van der Waals surface area contributed by atoms with Gasteiger partial charge in [-0.1, -0.05) is 25.8 Å². The fourth-order valence-corrected chi connectivity index (χ4v) is 2.15. The van der Waals surface area contributed by atoms with Gasteiger partial charge in [0.1, 0.15) is 0 Å². The number of carboxylic acid groups (broad SMARTS) is 3. The maximum atomic E-state index is 11.7. The molecule has 0 heterocycles. The summed E-state index contributed by atoms with van der Waals surface area (Å²) >= 11 is 0. The Morgan fingerprint density at radius 2 is 1.45 bits per heavy atom. The number of rotatable bonds is 12. The molecule has 0 aliphatic rings. The number of esters is 1. The molecule has 0 radical (unpaired) electrons. The minimum absolute atomic E-state index is 0.00919.